The van der Waals surface area contributed by atoms with Crippen molar-refractivity contribution in [3.63, 3.8) is 0 Å². The Balaban J connectivity index is 2.32. The zero-order valence-electron chi connectivity index (χ0n) is 11.8. The Bertz CT molecular complexity index is 686. The molecule has 2 aromatic rings. The number of carbonyl (C=O) groups excluding carboxylic acids is 1. The summed E-state index contributed by atoms with van der Waals surface area (Å²) in [4.78, 5) is 11.2. The van der Waals surface area contributed by atoms with E-state index in [2.05, 4.69) is 5.32 Å². The zero-order chi connectivity index (χ0) is 15.6. The van der Waals surface area contributed by atoms with Crippen LogP contribution in [0.5, 0.6) is 0 Å². The van der Waals surface area contributed by atoms with Gasteiger partial charge in [0, 0.05) is 22.9 Å². The Kier molecular flexibility index (Phi) is 4.21. The molecule has 21 heavy (non-hydrogen) atoms. The van der Waals surface area contributed by atoms with Crippen molar-refractivity contribution in [2.45, 2.75) is 19.9 Å². The fraction of sp³-hybridized carbons (Fsp3) is 0.188. The lowest BCUT2D eigenvalue weighted by Crippen LogP contribution is -2.14. The van der Waals surface area contributed by atoms with Crippen LogP contribution in [0.2, 0.25) is 0 Å². The van der Waals surface area contributed by atoms with Gasteiger partial charge in [-0.2, -0.15) is 0 Å². The second kappa shape index (κ2) is 5.91. The van der Waals surface area contributed by atoms with E-state index in [1.165, 1.54) is 18.2 Å². The molecule has 1 atom stereocenters. The topological polar surface area (TPSA) is 55.1 Å². The second-order valence-corrected chi connectivity index (χ2v) is 4.92. The number of carbonyl (C=O) groups is 1. The maximum Gasteiger partial charge on any atom is 0.248 e. The number of nitrogens with one attached hydrogen (secondary N) is 1. The number of halogens is 2. The van der Waals surface area contributed by atoms with Gasteiger partial charge in [0.2, 0.25) is 5.91 Å². The van der Waals surface area contributed by atoms with Crippen molar-refractivity contribution in [3.05, 3.63) is 64.7 Å². The van der Waals surface area contributed by atoms with Gasteiger partial charge in [0.05, 0.1) is 0 Å². The van der Waals surface area contributed by atoms with Gasteiger partial charge in [-0.3, -0.25) is 4.79 Å². The van der Waals surface area contributed by atoms with Crippen molar-refractivity contribution in [1.82, 2.24) is 0 Å². The summed E-state index contributed by atoms with van der Waals surface area (Å²) in [6, 6.07) is 8.49. The Morgan fingerprint density at radius 2 is 1.95 bits per heavy atom. The molecule has 3 N–H and O–H groups in total. The molecular formula is C16H16F2N2O. The van der Waals surface area contributed by atoms with Gasteiger partial charge in [-0.05, 0) is 43.7 Å². The molecule has 3 nitrogen and oxygen atoms in total. The Morgan fingerprint density at radius 1 is 1.24 bits per heavy atom. The lowest BCUT2D eigenvalue weighted by atomic mass is 10.0. The number of primary amides is 1. The lowest BCUT2D eigenvalue weighted by molar-refractivity contribution is 0.1000. The van der Waals surface area contributed by atoms with Crippen LogP contribution in [0, 0.1) is 18.6 Å². The molecule has 0 aliphatic carbocycles. The molecule has 0 aromatic heterocycles. The molecule has 2 aromatic carbocycles. The van der Waals surface area contributed by atoms with E-state index in [1.54, 1.807) is 19.1 Å². The number of rotatable bonds is 4. The molecule has 1 unspecified atom stereocenters. The molecule has 1 amide bonds. The smallest absolute Gasteiger partial charge is 0.248 e. The van der Waals surface area contributed by atoms with Crippen LogP contribution in [-0.4, -0.2) is 5.91 Å². The van der Waals surface area contributed by atoms with Gasteiger partial charge < -0.3 is 11.1 Å². The van der Waals surface area contributed by atoms with E-state index in [4.69, 9.17) is 5.73 Å². The van der Waals surface area contributed by atoms with Crippen LogP contribution in [0.1, 0.15) is 34.5 Å². The van der Waals surface area contributed by atoms with Gasteiger partial charge in [0.25, 0.3) is 0 Å². The molecule has 0 bridgehead atoms. The van der Waals surface area contributed by atoms with E-state index in [1.807, 2.05) is 6.92 Å². The number of hydrogen-bond acceptors (Lipinski definition) is 2. The Hall–Kier alpha value is -2.43. The quantitative estimate of drug-likeness (QED) is 0.904. The molecule has 2 rings (SSSR count). The van der Waals surface area contributed by atoms with Crippen molar-refractivity contribution in [2.24, 2.45) is 5.73 Å². The molecule has 0 aliphatic rings. The normalized spacial score (nSPS) is 12.0. The van der Waals surface area contributed by atoms with E-state index in [0.29, 0.717) is 11.3 Å². The maximum absolute atomic E-state index is 13.8. The Labute approximate surface area is 121 Å². The molecule has 110 valence electrons. The summed E-state index contributed by atoms with van der Waals surface area (Å²) < 4.78 is 27.0. The highest BCUT2D eigenvalue weighted by Crippen LogP contribution is 2.25. The predicted molar refractivity (Wildman–Crippen MR) is 78.1 cm³/mol. The summed E-state index contributed by atoms with van der Waals surface area (Å²) in [5.41, 5.74) is 6.83. The van der Waals surface area contributed by atoms with E-state index in [0.717, 1.165) is 11.6 Å². The van der Waals surface area contributed by atoms with Gasteiger partial charge in [0.15, 0.2) is 0 Å². The Morgan fingerprint density at radius 3 is 2.57 bits per heavy atom. The van der Waals surface area contributed by atoms with Crippen LogP contribution in [0.3, 0.4) is 0 Å². The number of nitrogens with two attached hydrogens (primary N) is 1. The zero-order valence-corrected chi connectivity index (χ0v) is 11.8. The molecule has 0 heterocycles. The third-order valence-corrected chi connectivity index (χ3v) is 3.35. The standard InChI is InChI=1S/C16H16F2N2O/c1-9-14(18)7-12(16(19)21)8-15(9)20-10(2)11-4-3-5-13(17)6-11/h3-8,10,20H,1-2H3,(H2,19,21). The van der Waals surface area contributed by atoms with Crippen molar-refractivity contribution >= 4 is 11.6 Å². The fourth-order valence-corrected chi connectivity index (χ4v) is 2.06. The predicted octanol–water partition coefficient (Wildman–Crippen LogP) is 3.55. The van der Waals surface area contributed by atoms with Gasteiger partial charge in [-0.1, -0.05) is 12.1 Å². The summed E-state index contributed by atoms with van der Waals surface area (Å²) in [6.45, 7) is 3.42. The summed E-state index contributed by atoms with van der Waals surface area (Å²) >= 11 is 0. The van der Waals surface area contributed by atoms with E-state index < -0.39 is 11.7 Å². The maximum atomic E-state index is 13.8. The van der Waals surface area contributed by atoms with Crippen LogP contribution in [0.4, 0.5) is 14.5 Å². The van der Waals surface area contributed by atoms with Crippen LogP contribution < -0.4 is 11.1 Å². The van der Waals surface area contributed by atoms with Crippen molar-refractivity contribution in [1.29, 1.82) is 0 Å². The molecule has 0 spiro atoms. The van der Waals surface area contributed by atoms with Gasteiger partial charge in [0.1, 0.15) is 11.6 Å². The third kappa shape index (κ3) is 3.37. The number of amides is 1. The highest BCUT2D eigenvalue weighted by molar-refractivity contribution is 5.94. The number of anilines is 1. The van der Waals surface area contributed by atoms with Gasteiger partial charge in [-0.15, -0.1) is 0 Å². The van der Waals surface area contributed by atoms with Gasteiger partial charge in [-0.25, -0.2) is 8.78 Å². The first-order valence-electron chi connectivity index (χ1n) is 6.50. The van der Waals surface area contributed by atoms with E-state index in [-0.39, 0.29) is 17.4 Å². The molecule has 0 radical (unpaired) electrons. The van der Waals surface area contributed by atoms with Crippen molar-refractivity contribution < 1.29 is 13.6 Å². The van der Waals surface area contributed by atoms with Crippen molar-refractivity contribution in [2.75, 3.05) is 5.32 Å². The summed E-state index contributed by atoms with van der Waals surface area (Å²) in [6.07, 6.45) is 0. The minimum absolute atomic E-state index is 0.0899. The summed E-state index contributed by atoms with van der Waals surface area (Å²) in [7, 11) is 0. The van der Waals surface area contributed by atoms with Crippen LogP contribution in [0.25, 0.3) is 0 Å². The average Bonchev–Trinajstić information content (AvgIpc) is 2.43. The van der Waals surface area contributed by atoms with E-state index in [9.17, 15) is 13.6 Å². The number of benzene rings is 2. The molecular weight excluding hydrogens is 274 g/mol. The molecule has 0 fully saturated rings. The monoisotopic (exact) mass is 290 g/mol. The van der Waals surface area contributed by atoms with E-state index >= 15 is 0 Å². The lowest BCUT2D eigenvalue weighted by Gasteiger charge is -2.18. The summed E-state index contributed by atoms with van der Waals surface area (Å²) in [5, 5.41) is 3.08. The first-order chi connectivity index (χ1) is 9.88. The SMILES string of the molecule is Cc1c(F)cc(C(N)=O)cc1NC(C)c1cccc(F)c1. The molecule has 0 aliphatic heterocycles. The van der Waals surface area contributed by atoms with Crippen LogP contribution >= 0.6 is 0 Å². The third-order valence-electron chi connectivity index (χ3n) is 3.35. The first kappa shape index (κ1) is 15.0. The number of hydrogen-bond donors (Lipinski definition) is 2. The van der Waals surface area contributed by atoms with Crippen molar-refractivity contribution in [3.8, 4) is 0 Å². The van der Waals surface area contributed by atoms with Crippen LogP contribution in [0.15, 0.2) is 36.4 Å². The van der Waals surface area contributed by atoms with Crippen LogP contribution in [-0.2, 0) is 0 Å². The minimum Gasteiger partial charge on any atom is -0.378 e. The first-order valence-corrected chi connectivity index (χ1v) is 6.50. The second-order valence-electron chi connectivity index (χ2n) is 4.92. The largest absolute Gasteiger partial charge is 0.378 e. The summed E-state index contributed by atoms with van der Waals surface area (Å²) in [5.74, 6) is -1.55. The highest BCUT2D eigenvalue weighted by atomic mass is 19.1. The molecule has 0 saturated carbocycles. The molecule has 0 saturated heterocycles. The molecule has 5 heteroatoms. The average molecular weight is 290 g/mol. The van der Waals surface area contributed by atoms with Gasteiger partial charge >= 0.3 is 0 Å². The fourth-order valence-electron chi connectivity index (χ4n) is 2.06. The minimum atomic E-state index is -0.699. The highest BCUT2D eigenvalue weighted by Gasteiger charge is 2.13.